The summed E-state index contributed by atoms with van der Waals surface area (Å²) in [7, 11) is 0. The molecule has 0 amide bonds. The van der Waals surface area contributed by atoms with E-state index >= 15 is 0 Å². The summed E-state index contributed by atoms with van der Waals surface area (Å²) in [6.07, 6.45) is 8.04. The van der Waals surface area contributed by atoms with Crippen molar-refractivity contribution in [2.45, 2.75) is 50.9 Å². The van der Waals surface area contributed by atoms with Crippen molar-refractivity contribution in [1.82, 2.24) is 9.55 Å². The molecular formula is C19H22N2O4. The summed E-state index contributed by atoms with van der Waals surface area (Å²) in [6.45, 7) is 1.03. The molecule has 0 unspecified atom stereocenters. The van der Waals surface area contributed by atoms with Gasteiger partial charge in [0.15, 0.2) is 6.10 Å². The van der Waals surface area contributed by atoms with Crippen molar-refractivity contribution in [3.8, 4) is 17.5 Å². The SMILES string of the molecule is O=c1ccn2c(n1)O[C@H](COc1ccc(OC3CCCCC3)cc1)C2. The largest absolute Gasteiger partial charge is 0.490 e. The topological polar surface area (TPSA) is 62.6 Å². The molecule has 4 rings (SSSR count). The van der Waals surface area contributed by atoms with Gasteiger partial charge in [0.2, 0.25) is 0 Å². The summed E-state index contributed by atoms with van der Waals surface area (Å²) in [5.41, 5.74) is -0.290. The third kappa shape index (κ3) is 3.95. The van der Waals surface area contributed by atoms with Gasteiger partial charge in [0, 0.05) is 12.3 Å². The Bertz CT molecular complexity index is 766. The molecule has 1 aliphatic heterocycles. The fraction of sp³-hybridized carbons (Fsp3) is 0.474. The fourth-order valence-electron chi connectivity index (χ4n) is 3.32. The Kier molecular flexibility index (Phi) is 4.59. The minimum absolute atomic E-state index is 0.146. The van der Waals surface area contributed by atoms with Crippen LogP contribution in [0.1, 0.15) is 32.1 Å². The molecule has 2 aliphatic rings. The van der Waals surface area contributed by atoms with E-state index in [0.29, 0.717) is 25.3 Å². The van der Waals surface area contributed by atoms with E-state index in [1.54, 1.807) is 6.20 Å². The zero-order valence-corrected chi connectivity index (χ0v) is 14.1. The summed E-state index contributed by atoms with van der Waals surface area (Å²) in [5.74, 6) is 1.67. The van der Waals surface area contributed by atoms with Gasteiger partial charge in [-0.05, 0) is 49.9 Å². The Labute approximate surface area is 146 Å². The summed E-state index contributed by atoms with van der Waals surface area (Å²) in [4.78, 5) is 15.1. The van der Waals surface area contributed by atoms with Gasteiger partial charge in [0.25, 0.3) is 11.6 Å². The number of aromatic nitrogens is 2. The first-order chi connectivity index (χ1) is 12.3. The Morgan fingerprint density at radius 1 is 1.08 bits per heavy atom. The maximum Gasteiger partial charge on any atom is 0.300 e. The van der Waals surface area contributed by atoms with Crippen LogP contribution in [0.5, 0.6) is 17.5 Å². The molecule has 1 saturated carbocycles. The number of rotatable bonds is 5. The molecule has 0 radical (unpaired) electrons. The second kappa shape index (κ2) is 7.17. The summed E-state index contributed by atoms with van der Waals surface area (Å²) >= 11 is 0. The Balaban J connectivity index is 1.28. The predicted molar refractivity (Wildman–Crippen MR) is 92.4 cm³/mol. The molecule has 0 spiro atoms. The average molecular weight is 342 g/mol. The summed E-state index contributed by atoms with van der Waals surface area (Å²) < 4.78 is 19.3. The van der Waals surface area contributed by atoms with Crippen molar-refractivity contribution in [2.24, 2.45) is 0 Å². The lowest BCUT2D eigenvalue weighted by atomic mass is 9.98. The fourth-order valence-corrected chi connectivity index (χ4v) is 3.32. The molecule has 1 aromatic heterocycles. The van der Waals surface area contributed by atoms with Crippen molar-refractivity contribution in [2.75, 3.05) is 6.61 Å². The average Bonchev–Trinajstić information content (AvgIpc) is 3.04. The second-order valence-corrected chi connectivity index (χ2v) is 6.60. The molecule has 6 nitrogen and oxygen atoms in total. The predicted octanol–water partition coefficient (Wildman–Crippen LogP) is 2.79. The van der Waals surface area contributed by atoms with E-state index in [1.165, 1.54) is 25.3 Å². The Morgan fingerprint density at radius 2 is 1.84 bits per heavy atom. The molecule has 1 fully saturated rings. The van der Waals surface area contributed by atoms with Crippen molar-refractivity contribution in [1.29, 1.82) is 0 Å². The van der Waals surface area contributed by atoms with Crippen molar-refractivity contribution in [3.05, 3.63) is 46.9 Å². The van der Waals surface area contributed by atoms with Gasteiger partial charge < -0.3 is 14.2 Å². The summed E-state index contributed by atoms with van der Waals surface area (Å²) in [5, 5.41) is 0. The first kappa shape index (κ1) is 16.0. The lowest BCUT2D eigenvalue weighted by Crippen LogP contribution is -2.23. The normalized spacial score (nSPS) is 19.9. The van der Waals surface area contributed by atoms with Crippen LogP contribution in [-0.2, 0) is 6.54 Å². The van der Waals surface area contributed by atoms with E-state index in [1.807, 2.05) is 28.8 Å². The number of hydrogen-bond acceptors (Lipinski definition) is 5. The number of benzene rings is 1. The lowest BCUT2D eigenvalue weighted by Gasteiger charge is -2.23. The van der Waals surface area contributed by atoms with Crippen LogP contribution in [0.2, 0.25) is 0 Å². The van der Waals surface area contributed by atoms with Gasteiger partial charge >= 0.3 is 0 Å². The molecule has 6 heteroatoms. The van der Waals surface area contributed by atoms with Crippen molar-refractivity contribution < 1.29 is 14.2 Å². The highest BCUT2D eigenvalue weighted by atomic mass is 16.6. The van der Waals surface area contributed by atoms with E-state index in [-0.39, 0.29) is 11.7 Å². The molecule has 0 bridgehead atoms. The van der Waals surface area contributed by atoms with Crippen LogP contribution in [-0.4, -0.2) is 28.4 Å². The Hall–Kier alpha value is -2.50. The van der Waals surface area contributed by atoms with Crippen LogP contribution < -0.4 is 19.8 Å². The zero-order valence-electron chi connectivity index (χ0n) is 14.1. The van der Waals surface area contributed by atoms with Gasteiger partial charge in [0.1, 0.15) is 18.1 Å². The van der Waals surface area contributed by atoms with Crippen LogP contribution >= 0.6 is 0 Å². The monoisotopic (exact) mass is 342 g/mol. The minimum atomic E-state index is -0.290. The van der Waals surface area contributed by atoms with E-state index in [0.717, 1.165) is 24.3 Å². The highest BCUT2D eigenvalue weighted by Crippen LogP contribution is 2.25. The van der Waals surface area contributed by atoms with Gasteiger partial charge in [0.05, 0.1) is 12.6 Å². The van der Waals surface area contributed by atoms with Crippen LogP contribution in [0, 0.1) is 0 Å². The molecule has 0 saturated heterocycles. The smallest absolute Gasteiger partial charge is 0.300 e. The molecule has 25 heavy (non-hydrogen) atoms. The van der Waals surface area contributed by atoms with Gasteiger partial charge in [-0.15, -0.1) is 0 Å². The van der Waals surface area contributed by atoms with E-state index in [4.69, 9.17) is 14.2 Å². The quantitative estimate of drug-likeness (QED) is 0.836. The molecule has 2 aromatic rings. The Morgan fingerprint density at radius 3 is 2.64 bits per heavy atom. The highest BCUT2D eigenvalue weighted by Gasteiger charge is 2.23. The van der Waals surface area contributed by atoms with Crippen molar-refractivity contribution >= 4 is 0 Å². The second-order valence-electron chi connectivity index (χ2n) is 6.60. The molecule has 1 aromatic carbocycles. The molecule has 0 N–H and O–H groups in total. The number of nitrogens with zero attached hydrogens (tertiary/aromatic N) is 2. The number of ether oxygens (including phenoxy) is 3. The third-order valence-corrected chi connectivity index (χ3v) is 4.64. The van der Waals surface area contributed by atoms with E-state index in [9.17, 15) is 4.79 Å². The van der Waals surface area contributed by atoms with E-state index < -0.39 is 0 Å². The van der Waals surface area contributed by atoms with Gasteiger partial charge in [-0.25, -0.2) is 0 Å². The molecule has 1 aliphatic carbocycles. The first-order valence-corrected chi connectivity index (χ1v) is 8.90. The van der Waals surface area contributed by atoms with Crippen LogP contribution in [0.3, 0.4) is 0 Å². The van der Waals surface area contributed by atoms with Crippen LogP contribution in [0.15, 0.2) is 41.3 Å². The molecule has 2 heterocycles. The third-order valence-electron chi connectivity index (χ3n) is 4.64. The van der Waals surface area contributed by atoms with Gasteiger partial charge in [-0.3, -0.25) is 9.36 Å². The maximum absolute atomic E-state index is 11.2. The zero-order chi connectivity index (χ0) is 17.1. The molecule has 1 atom stereocenters. The maximum atomic E-state index is 11.2. The molecular weight excluding hydrogens is 320 g/mol. The van der Waals surface area contributed by atoms with Gasteiger partial charge in [-0.2, -0.15) is 4.98 Å². The lowest BCUT2D eigenvalue weighted by molar-refractivity contribution is 0.143. The van der Waals surface area contributed by atoms with Crippen LogP contribution in [0.25, 0.3) is 0 Å². The first-order valence-electron chi connectivity index (χ1n) is 8.90. The number of fused-ring (bicyclic) bond motifs is 1. The van der Waals surface area contributed by atoms with Crippen molar-refractivity contribution in [3.63, 3.8) is 0 Å². The van der Waals surface area contributed by atoms with Gasteiger partial charge in [-0.1, -0.05) is 6.42 Å². The standard InChI is InChI=1S/C19H22N2O4/c22-18-10-11-21-12-17(25-19(21)20-18)13-23-14-6-8-16(9-7-14)24-15-4-2-1-3-5-15/h6-11,15,17H,1-5,12-13H2/t17-/m0/s1. The van der Waals surface area contributed by atoms with E-state index in [2.05, 4.69) is 4.98 Å². The summed E-state index contributed by atoms with van der Waals surface area (Å²) in [6, 6.07) is 9.53. The number of hydrogen-bond donors (Lipinski definition) is 0. The molecule has 132 valence electrons. The van der Waals surface area contributed by atoms with Crippen LogP contribution in [0.4, 0.5) is 0 Å². The minimum Gasteiger partial charge on any atom is -0.490 e. The highest BCUT2D eigenvalue weighted by molar-refractivity contribution is 5.31.